The van der Waals surface area contributed by atoms with E-state index in [-0.39, 0.29) is 0 Å². The van der Waals surface area contributed by atoms with Crippen molar-refractivity contribution in [2.75, 3.05) is 12.3 Å². The molecule has 20 heavy (non-hydrogen) atoms. The third-order valence-electron chi connectivity index (χ3n) is 4.41. The van der Waals surface area contributed by atoms with Crippen molar-refractivity contribution in [2.45, 2.75) is 32.4 Å². The van der Waals surface area contributed by atoms with E-state index in [4.69, 9.17) is 5.73 Å². The van der Waals surface area contributed by atoms with E-state index in [1.807, 2.05) is 6.07 Å². The smallest absolute Gasteiger partial charge is 0.0352 e. The highest BCUT2D eigenvalue weighted by Crippen LogP contribution is 2.33. The Balaban J connectivity index is 1.81. The zero-order valence-electron chi connectivity index (χ0n) is 12.0. The van der Waals surface area contributed by atoms with Crippen LogP contribution in [0, 0.1) is 6.92 Å². The maximum Gasteiger partial charge on any atom is 0.0352 e. The molecule has 2 nitrogen and oxygen atoms in total. The van der Waals surface area contributed by atoms with Crippen molar-refractivity contribution in [1.29, 1.82) is 0 Å². The molecule has 2 aromatic carbocycles. The van der Waals surface area contributed by atoms with E-state index in [1.165, 1.54) is 36.1 Å². The maximum atomic E-state index is 6.02. The summed E-state index contributed by atoms with van der Waals surface area (Å²) in [5.41, 5.74) is 10.9. The van der Waals surface area contributed by atoms with Gasteiger partial charge in [0.25, 0.3) is 0 Å². The molecule has 0 amide bonds. The second kappa shape index (κ2) is 5.68. The van der Waals surface area contributed by atoms with Crippen LogP contribution in [-0.4, -0.2) is 11.4 Å². The molecule has 1 heterocycles. The fourth-order valence-electron chi connectivity index (χ4n) is 3.16. The van der Waals surface area contributed by atoms with Gasteiger partial charge in [0, 0.05) is 18.3 Å². The van der Waals surface area contributed by atoms with Crippen molar-refractivity contribution in [1.82, 2.24) is 4.90 Å². The van der Waals surface area contributed by atoms with Crippen LogP contribution in [0.4, 0.5) is 5.69 Å². The Bertz CT molecular complexity index is 577. The lowest BCUT2D eigenvalue weighted by Crippen LogP contribution is -2.23. The zero-order chi connectivity index (χ0) is 13.9. The fraction of sp³-hybridized carbons (Fsp3) is 0.333. The van der Waals surface area contributed by atoms with E-state index >= 15 is 0 Å². The topological polar surface area (TPSA) is 29.3 Å². The predicted octanol–water partition coefficient (Wildman–Crippen LogP) is 3.91. The van der Waals surface area contributed by atoms with Crippen LogP contribution in [0.5, 0.6) is 0 Å². The number of likely N-dealkylation sites (tertiary alicyclic amines) is 1. The number of hydrogen-bond donors (Lipinski definition) is 1. The number of nitrogen functional groups attached to an aromatic ring is 1. The van der Waals surface area contributed by atoms with Gasteiger partial charge in [-0.15, -0.1) is 0 Å². The van der Waals surface area contributed by atoms with Crippen LogP contribution in [0.25, 0.3) is 0 Å². The van der Waals surface area contributed by atoms with E-state index in [2.05, 4.69) is 54.3 Å². The summed E-state index contributed by atoms with van der Waals surface area (Å²) in [5, 5.41) is 0. The highest BCUT2D eigenvalue weighted by Gasteiger charge is 2.26. The van der Waals surface area contributed by atoms with Gasteiger partial charge in [0.1, 0.15) is 0 Å². The molecule has 104 valence electrons. The number of rotatable bonds is 3. The molecule has 0 saturated carbocycles. The molecule has 0 aliphatic carbocycles. The summed E-state index contributed by atoms with van der Waals surface area (Å²) in [7, 11) is 0. The second-order valence-electron chi connectivity index (χ2n) is 5.67. The van der Waals surface area contributed by atoms with Crippen molar-refractivity contribution < 1.29 is 0 Å². The van der Waals surface area contributed by atoms with Gasteiger partial charge in [-0.1, -0.05) is 42.5 Å². The minimum atomic E-state index is 0.553. The molecule has 1 aliphatic heterocycles. The molecule has 1 unspecified atom stereocenters. The van der Waals surface area contributed by atoms with Crippen molar-refractivity contribution in [3.8, 4) is 0 Å². The Hall–Kier alpha value is -1.80. The highest BCUT2D eigenvalue weighted by atomic mass is 15.2. The molecule has 2 aromatic rings. The monoisotopic (exact) mass is 266 g/mol. The average Bonchev–Trinajstić information content (AvgIpc) is 2.93. The highest BCUT2D eigenvalue weighted by molar-refractivity contribution is 5.50. The Morgan fingerprint density at radius 1 is 1.10 bits per heavy atom. The van der Waals surface area contributed by atoms with Gasteiger partial charge >= 0.3 is 0 Å². The molecule has 2 N–H and O–H groups in total. The molecule has 3 rings (SSSR count). The average molecular weight is 266 g/mol. The second-order valence-corrected chi connectivity index (χ2v) is 5.67. The van der Waals surface area contributed by atoms with Crippen LogP contribution >= 0.6 is 0 Å². The Morgan fingerprint density at radius 3 is 2.70 bits per heavy atom. The number of anilines is 1. The lowest BCUT2D eigenvalue weighted by Gasteiger charge is -2.26. The van der Waals surface area contributed by atoms with Gasteiger partial charge in [-0.25, -0.2) is 0 Å². The third-order valence-corrected chi connectivity index (χ3v) is 4.41. The normalized spacial score (nSPS) is 19.4. The molecule has 1 fully saturated rings. The summed E-state index contributed by atoms with van der Waals surface area (Å²) in [6.07, 6.45) is 2.53. The number of benzene rings is 2. The lowest BCUT2D eigenvalue weighted by molar-refractivity contribution is 0.248. The van der Waals surface area contributed by atoms with Gasteiger partial charge in [-0.3, -0.25) is 4.90 Å². The Morgan fingerprint density at radius 2 is 1.90 bits per heavy atom. The van der Waals surface area contributed by atoms with Gasteiger partial charge in [-0.05, 0) is 49.1 Å². The summed E-state index contributed by atoms with van der Waals surface area (Å²) in [4.78, 5) is 2.58. The number of nitrogens with zero attached hydrogens (tertiary/aromatic N) is 1. The summed E-state index contributed by atoms with van der Waals surface area (Å²) in [6.45, 7) is 4.29. The molecule has 0 bridgehead atoms. The predicted molar refractivity (Wildman–Crippen MR) is 84.4 cm³/mol. The third kappa shape index (κ3) is 2.56. The van der Waals surface area contributed by atoms with Gasteiger partial charge in [-0.2, -0.15) is 0 Å². The first kappa shape index (κ1) is 13.2. The maximum absolute atomic E-state index is 6.02. The van der Waals surface area contributed by atoms with Gasteiger partial charge in [0.2, 0.25) is 0 Å². The number of hydrogen-bond acceptors (Lipinski definition) is 2. The van der Waals surface area contributed by atoms with Crippen LogP contribution < -0.4 is 5.73 Å². The van der Waals surface area contributed by atoms with E-state index in [0.29, 0.717) is 6.04 Å². The largest absolute Gasteiger partial charge is 0.399 e. The van der Waals surface area contributed by atoms with Gasteiger partial charge in [0.05, 0.1) is 0 Å². The van der Waals surface area contributed by atoms with Crippen LogP contribution in [-0.2, 0) is 6.54 Å². The summed E-state index contributed by atoms with van der Waals surface area (Å²) in [5.74, 6) is 0. The molecular weight excluding hydrogens is 244 g/mol. The lowest BCUT2D eigenvalue weighted by atomic mass is 10.0. The quantitative estimate of drug-likeness (QED) is 0.853. The van der Waals surface area contributed by atoms with E-state index < -0.39 is 0 Å². The van der Waals surface area contributed by atoms with Crippen LogP contribution in [0.3, 0.4) is 0 Å². The van der Waals surface area contributed by atoms with Crippen LogP contribution in [0.2, 0.25) is 0 Å². The first-order valence-electron chi connectivity index (χ1n) is 7.38. The van der Waals surface area contributed by atoms with Crippen molar-refractivity contribution >= 4 is 5.69 Å². The van der Waals surface area contributed by atoms with Crippen LogP contribution in [0.15, 0.2) is 48.5 Å². The summed E-state index contributed by atoms with van der Waals surface area (Å²) < 4.78 is 0. The van der Waals surface area contributed by atoms with Crippen molar-refractivity contribution in [2.24, 2.45) is 0 Å². The SMILES string of the molecule is Cc1c(N)cccc1CN1CCCC1c1ccccc1. The van der Waals surface area contributed by atoms with E-state index in [9.17, 15) is 0 Å². The van der Waals surface area contributed by atoms with E-state index in [1.54, 1.807) is 0 Å². The molecule has 1 aliphatic rings. The minimum absolute atomic E-state index is 0.553. The molecular formula is C18H22N2. The molecule has 0 radical (unpaired) electrons. The molecule has 1 saturated heterocycles. The standard InChI is InChI=1S/C18H22N2/c1-14-16(9-5-10-17(14)19)13-20-12-6-11-18(20)15-7-3-2-4-8-15/h2-5,7-10,18H,6,11-13,19H2,1H3. The number of nitrogens with two attached hydrogens (primary N) is 1. The molecule has 0 aromatic heterocycles. The van der Waals surface area contributed by atoms with Gasteiger partial charge < -0.3 is 5.73 Å². The molecule has 2 heteroatoms. The summed E-state index contributed by atoms with van der Waals surface area (Å²) in [6, 6.07) is 17.6. The van der Waals surface area contributed by atoms with Crippen LogP contribution in [0.1, 0.15) is 35.6 Å². The Labute approximate surface area is 121 Å². The first-order valence-corrected chi connectivity index (χ1v) is 7.38. The fourth-order valence-corrected chi connectivity index (χ4v) is 3.16. The minimum Gasteiger partial charge on any atom is -0.399 e. The molecule has 1 atom stereocenters. The van der Waals surface area contributed by atoms with Crippen molar-refractivity contribution in [3.05, 3.63) is 65.2 Å². The zero-order valence-corrected chi connectivity index (χ0v) is 12.0. The first-order chi connectivity index (χ1) is 9.75. The van der Waals surface area contributed by atoms with Gasteiger partial charge in [0.15, 0.2) is 0 Å². The van der Waals surface area contributed by atoms with Crippen molar-refractivity contribution in [3.63, 3.8) is 0 Å². The summed E-state index contributed by atoms with van der Waals surface area (Å²) >= 11 is 0. The Kier molecular flexibility index (Phi) is 3.75. The molecule has 0 spiro atoms. The van der Waals surface area contributed by atoms with E-state index in [0.717, 1.165) is 12.2 Å².